The van der Waals surface area contributed by atoms with Gasteiger partial charge in [0.05, 0.1) is 11.6 Å². The van der Waals surface area contributed by atoms with Gasteiger partial charge in [0, 0.05) is 24.2 Å². The number of nitrogens with one attached hydrogen (secondary N) is 1. The average Bonchev–Trinajstić information content (AvgIpc) is 2.95. The second-order valence-corrected chi connectivity index (χ2v) is 6.29. The van der Waals surface area contributed by atoms with Crippen molar-refractivity contribution in [2.75, 3.05) is 11.4 Å². The lowest BCUT2D eigenvalue weighted by Crippen LogP contribution is -2.37. The fraction of sp³-hybridized carbons (Fsp3) is 0.263. The van der Waals surface area contributed by atoms with E-state index in [-0.39, 0.29) is 24.4 Å². The van der Waals surface area contributed by atoms with Crippen LogP contribution >= 0.6 is 0 Å². The van der Waals surface area contributed by atoms with Crippen molar-refractivity contribution in [2.24, 2.45) is 0 Å². The molecule has 1 aliphatic rings. The molecular formula is C19H17F3N2O2. The van der Waals surface area contributed by atoms with Gasteiger partial charge in [-0.2, -0.15) is 13.2 Å². The fourth-order valence-electron chi connectivity index (χ4n) is 2.88. The summed E-state index contributed by atoms with van der Waals surface area (Å²) in [7, 11) is 0. The van der Waals surface area contributed by atoms with Crippen molar-refractivity contribution in [3.05, 3.63) is 65.2 Å². The van der Waals surface area contributed by atoms with E-state index in [1.807, 2.05) is 31.2 Å². The number of aryl methyl sites for hydroxylation is 1. The molecule has 0 radical (unpaired) electrons. The summed E-state index contributed by atoms with van der Waals surface area (Å²) in [6.45, 7) is 2.22. The maximum absolute atomic E-state index is 12.8. The number of rotatable bonds is 3. The van der Waals surface area contributed by atoms with Crippen LogP contribution in [0.25, 0.3) is 0 Å². The van der Waals surface area contributed by atoms with Crippen molar-refractivity contribution in [1.82, 2.24) is 5.32 Å². The first kappa shape index (κ1) is 18.0. The Morgan fingerprint density at radius 2 is 1.85 bits per heavy atom. The molecule has 0 saturated carbocycles. The Morgan fingerprint density at radius 3 is 2.50 bits per heavy atom. The lowest BCUT2D eigenvalue weighted by molar-refractivity contribution is -0.137. The van der Waals surface area contributed by atoms with E-state index in [1.165, 1.54) is 12.1 Å². The van der Waals surface area contributed by atoms with Crippen LogP contribution in [0, 0.1) is 6.92 Å². The molecule has 1 aliphatic heterocycles. The second kappa shape index (κ2) is 6.82. The third-order valence-electron chi connectivity index (χ3n) is 4.26. The Bertz CT molecular complexity index is 831. The van der Waals surface area contributed by atoms with Gasteiger partial charge in [-0.15, -0.1) is 0 Å². The number of hydrogen-bond donors (Lipinski definition) is 1. The number of anilines is 1. The molecule has 7 heteroatoms. The van der Waals surface area contributed by atoms with Crippen LogP contribution in [-0.2, 0) is 11.0 Å². The number of alkyl halides is 3. The van der Waals surface area contributed by atoms with Crippen LogP contribution in [0.1, 0.15) is 27.9 Å². The van der Waals surface area contributed by atoms with Crippen LogP contribution in [0.4, 0.5) is 18.9 Å². The van der Waals surface area contributed by atoms with Crippen molar-refractivity contribution in [2.45, 2.75) is 25.6 Å². The van der Waals surface area contributed by atoms with Crippen molar-refractivity contribution >= 4 is 17.5 Å². The van der Waals surface area contributed by atoms with Gasteiger partial charge in [0.15, 0.2) is 0 Å². The van der Waals surface area contributed by atoms with E-state index >= 15 is 0 Å². The maximum atomic E-state index is 12.8. The van der Waals surface area contributed by atoms with E-state index in [2.05, 4.69) is 5.32 Å². The van der Waals surface area contributed by atoms with Gasteiger partial charge in [0.2, 0.25) is 5.91 Å². The summed E-state index contributed by atoms with van der Waals surface area (Å²) >= 11 is 0. The summed E-state index contributed by atoms with van der Waals surface area (Å²) in [5.41, 5.74) is 0.834. The molecule has 1 fully saturated rings. The smallest absolute Gasteiger partial charge is 0.347 e. The molecule has 0 aromatic heterocycles. The standard InChI is InChI=1S/C19H17F3N2O2/c1-12-5-7-16(8-6-12)24-11-15(10-17(24)25)23-18(26)13-3-2-4-14(9-13)19(20,21)22/h2-9,15H,10-11H2,1H3,(H,23,26)/t15-/m1/s1. The molecule has 2 aromatic carbocycles. The Hall–Kier alpha value is -2.83. The molecule has 0 unspecified atom stereocenters. The van der Waals surface area contributed by atoms with Gasteiger partial charge >= 0.3 is 6.18 Å². The van der Waals surface area contributed by atoms with Crippen molar-refractivity contribution in [3.63, 3.8) is 0 Å². The lowest BCUT2D eigenvalue weighted by atomic mass is 10.1. The number of hydrogen-bond acceptors (Lipinski definition) is 2. The van der Waals surface area contributed by atoms with Crippen LogP contribution < -0.4 is 10.2 Å². The van der Waals surface area contributed by atoms with Gasteiger partial charge < -0.3 is 10.2 Å². The minimum absolute atomic E-state index is 0.0824. The topological polar surface area (TPSA) is 49.4 Å². The van der Waals surface area contributed by atoms with E-state index in [9.17, 15) is 22.8 Å². The number of carbonyl (C=O) groups excluding carboxylic acids is 2. The predicted molar refractivity (Wildman–Crippen MR) is 90.8 cm³/mol. The van der Waals surface area contributed by atoms with Gasteiger partial charge in [-0.1, -0.05) is 23.8 Å². The fourth-order valence-corrected chi connectivity index (χ4v) is 2.88. The molecule has 1 heterocycles. The first-order valence-corrected chi connectivity index (χ1v) is 8.09. The molecule has 1 N–H and O–H groups in total. The lowest BCUT2D eigenvalue weighted by Gasteiger charge is -2.17. The summed E-state index contributed by atoms with van der Waals surface area (Å²) in [4.78, 5) is 26.0. The molecule has 1 saturated heterocycles. The van der Waals surface area contributed by atoms with Crippen LogP contribution in [0.3, 0.4) is 0 Å². The summed E-state index contributed by atoms with van der Waals surface area (Å²) in [5.74, 6) is -0.761. The molecule has 1 atom stereocenters. The summed E-state index contributed by atoms with van der Waals surface area (Å²) in [6.07, 6.45) is -4.40. The Balaban J connectivity index is 1.69. The number of benzene rings is 2. The molecule has 136 valence electrons. The normalized spacial score (nSPS) is 17.5. The molecule has 0 spiro atoms. The van der Waals surface area contributed by atoms with E-state index in [0.717, 1.165) is 23.4 Å². The van der Waals surface area contributed by atoms with Crippen LogP contribution in [0.5, 0.6) is 0 Å². The van der Waals surface area contributed by atoms with Gasteiger partial charge in [-0.3, -0.25) is 9.59 Å². The molecule has 26 heavy (non-hydrogen) atoms. The largest absolute Gasteiger partial charge is 0.416 e. The zero-order valence-electron chi connectivity index (χ0n) is 14.0. The van der Waals surface area contributed by atoms with Gasteiger partial charge in [-0.05, 0) is 37.3 Å². The third-order valence-corrected chi connectivity index (χ3v) is 4.26. The Labute approximate surface area is 148 Å². The van der Waals surface area contributed by atoms with E-state index in [0.29, 0.717) is 0 Å². The minimum atomic E-state index is -4.51. The van der Waals surface area contributed by atoms with Crippen molar-refractivity contribution in [3.8, 4) is 0 Å². The average molecular weight is 362 g/mol. The van der Waals surface area contributed by atoms with Crippen molar-refractivity contribution < 1.29 is 22.8 Å². The summed E-state index contributed by atoms with van der Waals surface area (Å²) in [5, 5.41) is 2.65. The zero-order chi connectivity index (χ0) is 18.9. The van der Waals surface area contributed by atoms with Crippen LogP contribution in [-0.4, -0.2) is 24.4 Å². The third kappa shape index (κ3) is 3.87. The Morgan fingerprint density at radius 1 is 1.15 bits per heavy atom. The molecule has 2 amide bonds. The summed E-state index contributed by atoms with van der Waals surface area (Å²) < 4.78 is 38.3. The van der Waals surface area contributed by atoms with Gasteiger partial charge in [0.1, 0.15) is 0 Å². The maximum Gasteiger partial charge on any atom is 0.416 e. The first-order valence-electron chi connectivity index (χ1n) is 8.09. The highest BCUT2D eigenvalue weighted by atomic mass is 19.4. The predicted octanol–water partition coefficient (Wildman–Crippen LogP) is 3.55. The highest BCUT2D eigenvalue weighted by molar-refractivity contribution is 5.99. The number of amides is 2. The van der Waals surface area contributed by atoms with E-state index in [4.69, 9.17) is 0 Å². The first-order chi connectivity index (χ1) is 12.2. The van der Waals surface area contributed by atoms with E-state index in [1.54, 1.807) is 4.90 Å². The molecular weight excluding hydrogens is 345 g/mol. The minimum Gasteiger partial charge on any atom is -0.347 e. The Kier molecular flexibility index (Phi) is 4.71. The van der Waals surface area contributed by atoms with E-state index < -0.39 is 23.7 Å². The van der Waals surface area contributed by atoms with Crippen LogP contribution in [0.2, 0.25) is 0 Å². The number of nitrogens with zero attached hydrogens (tertiary/aromatic N) is 1. The SMILES string of the molecule is Cc1ccc(N2C[C@H](NC(=O)c3cccc(C(F)(F)F)c3)CC2=O)cc1. The van der Waals surface area contributed by atoms with Crippen LogP contribution in [0.15, 0.2) is 48.5 Å². The molecule has 4 nitrogen and oxygen atoms in total. The zero-order valence-corrected chi connectivity index (χ0v) is 14.0. The number of halogens is 3. The highest BCUT2D eigenvalue weighted by Crippen LogP contribution is 2.29. The quantitative estimate of drug-likeness (QED) is 0.908. The highest BCUT2D eigenvalue weighted by Gasteiger charge is 2.33. The molecule has 3 rings (SSSR count). The molecule has 0 aliphatic carbocycles. The van der Waals surface area contributed by atoms with Crippen molar-refractivity contribution in [1.29, 1.82) is 0 Å². The number of carbonyl (C=O) groups is 2. The molecule has 0 bridgehead atoms. The van der Waals surface area contributed by atoms with Gasteiger partial charge in [-0.25, -0.2) is 0 Å². The molecule has 2 aromatic rings. The monoisotopic (exact) mass is 362 g/mol. The van der Waals surface area contributed by atoms with Gasteiger partial charge in [0.25, 0.3) is 5.91 Å². The summed E-state index contributed by atoms with van der Waals surface area (Å²) in [6, 6.07) is 11.2. The second-order valence-electron chi connectivity index (χ2n) is 6.29.